The number of unbranched alkanes of at least 4 members (excludes halogenated alkanes) is 2. The van der Waals surface area contributed by atoms with Gasteiger partial charge < -0.3 is 15.2 Å². The van der Waals surface area contributed by atoms with Crippen molar-refractivity contribution in [3.63, 3.8) is 0 Å². The second-order valence-electron chi connectivity index (χ2n) is 13.4. The highest BCUT2D eigenvalue weighted by Gasteiger charge is 2.29. The van der Waals surface area contributed by atoms with E-state index in [0.29, 0.717) is 12.2 Å². The molecule has 3 aromatic carbocycles. The molecule has 0 aromatic heterocycles. The third kappa shape index (κ3) is 6.53. The number of benzene rings is 3. The van der Waals surface area contributed by atoms with E-state index in [1.54, 1.807) is 0 Å². The number of aryl methyl sites for hydroxylation is 1. The molecule has 0 bridgehead atoms. The maximum absolute atomic E-state index is 12.4. The molecule has 1 fully saturated rings. The SMILES string of the molecule is CC1(C)Cc2cc(C3=C(c4ccc(OC5CCC(CCCCCF)CC5)cc4)c4ccc(O)cc4CCC3)ccc2N1. The summed E-state index contributed by atoms with van der Waals surface area (Å²) in [5.74, 6) is 2.05. The number of ether oxygens (including phenoxy) is 1. The summed E-state index contributed by atoms with van der Waals surface area (Å²) in [4.78, 5) is 0. The van der Waals surface area contributed by atoms with Crippen molar-refractivity contribution in [2.75, 3.05) is 12.0 Å². The first-order valence-corrected chi connectivity index (χ1v) is 16.2. The normalized spacial score (nSPS) is 21.3. The molecule has 222 valence electrons. The molecular formula is C38H46FNO2. The number of phenolic OH excluding ortho intramolecular Hbond substituents is 1. The molecule has 0 amide bonds. The quantitative estimate of drug-likeness (QED) is 0.253. The molecular weight excluding hydrogens is 521 g/mol. The van der Waals surface area contributed by atoms with Crippen LogP contribution in [0.3, 0.4) is 0 Å². The summed E-state index contributed by atoms with van der Waals surface area (Å²) in [5.41, 5.74) is 10.3. The number of rotatable bonds is 9. The molecule has 1 saturated carbocycles. The smallest absolute Gasteiger partial charge is 0.119 e. The third-order valence-corrected chi connectivity index (χ3v) is 9.58. The summed E-state index contributed by atoms with van der Waals surface area (Å²) in [6.45, 7) is 4.34. The Balaban J connectivity index is 1.24. The Morgan fingerprint density at radius 3 is 2.43 bits per heavy atom. The fourth-order valence-corrected chi connectivity index (χ4v) is 7.46. The molecule has 2 N–H and O–H groups in total. The summed E-state index contributed by atoms with van der Waals surface area (Å²) in [6.07, 6.45) is 13.1. The number of nitrogens with one attached hydrogen (secondary N) is 1. The van der Waals surface area contributed by atoms with Crippen LogP contribution in [-0.2, 0) is 12.8 Å². The Bertz CT molecular complexity index is 1420. The molecule has 3 nitrogen and oxygen atoms in total. The van der Waals surface area contributed by atoms with Crippen LogP contribution in [0.4, 0.5) is 10.1 Å². The Morgan fingerprint density at radius 2 is 1.64 bits per heavy atom. The van der Waals surface area contributed by atoms with Gasteiger partial charge in [-0.05, 0) is 153 Å². The van der Waals surface area contributed by atoms with Gasteiger partial charge in [0.1, 0.15) is 11.5 Å². The van der Waals surface area contributed by atoms with Crippen LogP contribution in [0, 0.1) is 5.92 Å². The first kappa shape index (κ1) is 28.8. The Labute approximate surface area is 251 Å². The number of halogens is 1. The molecule has 1 heterocycles. The van der Waals surface area contributed by atoms with Gasteiger partial charge >= 0.3 is 0 Å². The van der Waals surface area contributed by atoms with Crippen LogP contribution in [0.5, 0.6) is 11.5 Å². The van der Waals surface area contributed by atoms with E-state index in [9.17, 15) is 9.50 Å². The number of allylic oxidation sites excluding steroid dienone is 1. The summed E-state index contributed by atoms with van der Waals surface area (Å²) in [6, 6.07) is 21.5. The lowest BCUT2D eigenvalue weighted by atomic mass is 9.84. The van der Waals surface area contributed by atoms with Crippen LogP contribution >= 0.6 is 0 Å². The first-order chi connectivity index (χ1) is 20.4. The van der Waals surface area contributed by atoms with E-state index < -0.39 is 0 Å². The molecule has 3 aliphatic rings. The van der Waals surface area contributed by atoms with Crippen molar-refractivity contribution in [1.82, 2.24) is 0 Å². The van der Waals surface area contributed by atoms with Crippen LogP contribution in [-0.4, -0.2) is 23.4 Å². The monoisotopic (exact) mass is 567 g/mol. The van der Waals surface area contributed by atoms with Gasteiger partial charge in [0.2, 0.25) is 0 Å². The highest BCUT2D eigenvalue weighted by atomic mass is 19.1. The van der Waals surface area contributed by atoms with E-state index in [1.165, 1.54) is 63.9 Å². The van der Waals surface area contributed by atoms with Gasteiger partial charge in [-0.1, -0.05) is 43.5 Å². The number of aromatic hydroxyl groups is 1. The average Bonchev–Trinajstić information content (AvgIpc) is 3.17. The summed E-state index contributed by atoms with van der Waals surface area (Å²) in [5, 5.41) is 14.0. The van der Waals surface area contributed by atoms with Gasteiger partial charge in [-0.2, -0.15) is 0 Å². The lowest BCUT2D eigenvalue weighted by Gasteiger charge is -2.29. The minimum Gasteiger partial charge on any atom is -0.508 e. The Kier molecular flexibility index (Phi) is 8.60. The lowest BCUT2D eigenvalue weighted by molar-refractivity contribution is 0.127. The molecule has 2 aliphatic carbocycles. The molecule has 6 rings (SSSR count). The van der Waals surface area contributed by atoms with Crippen molar-refractivity contribution in [2.45, 2.75) is 103 Å². The zero-order valence-electron chi connectivity index (χ0n) is 25.4. The Morgan fingerprint density at radius 1 is 0.857 bits per heavy atom. The topological polar surface area (TPSA) is 41.5 Å². The van der Waals surface area contributed by atoms with Crippen LogP contribution in [0.2, 0.25) is 0 Å². The highest BCUT2D eigenvalue weighted by Crippen LogP contribution is 2.43. The predicted octanol–water partition coefficient (Wildman–Crippen LogP) is 9.90. The number of anilines is 1. The summed E-state index contributed by atoms with van der Waals surface area (Å²) >= 11 is 0. The highest BCUT2D eigenvalue weighted by molar-refractivity contribution is 6.00. The van der Waals surface area contributed by atoms with Gasteiger partial charge in [-0.15, -0.1) is 0 Å². The molecule has 0 radical (unpaired) electrons. The lowest BCUT2D eigenvalue weighted by Crippen LogP contribution is -2.26. The zero-order chi connectivity index (χ0) is 29.1. The van der Waals surface area contributed by atoms with Gasteiger partial charge in [-0.25, -0.2) is 0 Å². The largest absolute Gasteiger partial charge is 0.508 e. The van der Waals surface area contributed by atoms with Crippen molar-refractivity contribution >= 4 is 16.8 Å². The fourth-order valence-electron chi connectivity index (χ4n) is 7.46. The van der Waals surface area contributed by atoms with Crippen molar-refractivity contribution in [1.29, 1.82) is 0 Å². The first-order valence-electron chi connectivity index (χ1n) is 16.2. The molecule has 4 heteroatoms. The van der Waals surface area contributed by atoms with Crippen molar-refractivity contribution in [3.8, 4) is 11.5 Å². The van der Waals surface area contributed by atoms with Crippen molar-refractivity contribution < 1.29 is 14.2 Å². The van der Waals surface area contributed by atoms with Gasteiger partial charge in [0, 0.05) is 11.2 Å². The van der Waals surface area contributed by atoms with Crippen LogP contribution in [0.25, 0.3) is 11.1 Å². The molecule has 42 heavy (non-hydrogen) atoms. The van der Waals surface area contributed by atoms with Gasteiger partial charge in [0.25, 0.3) is 0 Å². The number of fused-ring (bicyclic) bond motifs is 2. The zero-order valence-corrected chi connectivity index (χ0v) is 25.4. The van der Waals surface area contributed by atoms with Gasteiger partial charge in [-0.3, -0.25) is 4.39 Å². The number of hydrogen-bond acceptors (Lipinski definition) is 3. The van der Waals surface area contributed by atoms with E-state index >= 15 is 0 Å². The van der Waals surface area contributed by atoms with E-state index in [-0.39, 0.29) is 18.3 Å². The second kappa shape index (κ2) is 12.5. The van der Waals surface area contributed by atoms with Crippen LogP contribution < -0.4 is 10.1 Å². The molecule has 3 aromatic rings. The average molecular weight is 568 g/mol. The Hall–Kier alpha value is -3.27. The minimum absolute atomic E-state index is 0.0803. The molecule has 0 saturated heterocycles. The van der Waals surface area contributed by atoms with Crippen LogP contribution in [0.1, 0.15) is 106 Å². The van der Waals surface area contributed by atoms with Crippen molar-refractivity contribution in [2.24, 2.45) is 5.92 Å². The number of hydrogen-bond donors (Lipinski definition) is 2. The third-order valence-electron chi connectivity index (χ3n) is 9.58. The van der Waals surface area contributed by atoms with E-state index in [2.05, 4.69) is 67.7 Å². The summed E-state index contributed by atoms with van der Waals surface area (Å²) < 4.78 is 18.9. The molecule has 0 spiro atoms. The number of alkyl halides is 1. The maximum Gasteiger partial charge on any atom is 0.119 e. The maximum atomic E-state index is 12.4. The number of phenols is 1. The fraction of sp³-hybridized carbons (Fsp3) is 0.474. The van der Waals surface area contributed by atoms with E-state index in [4.69, 9.17) is 4.74 Å². The molecule has 0 unspecified atom stereocenters. The van der Waals surface area contributed by atoms with Crippen molar-refractivity contribution in [3.05, 3.63) is 88.5 Å². The van der Waals surface area contributed by atoms with E-state index in [0.717, 1.165) is 63.0 Å². The van der Waals surface area contributed by atoms with Gasteiger partial charge in [0.15, 0.2) is 0 Å². The van der Waals surface area contributed by atoms with E-state index in [1.807, 2.05) is 12.1 Å². The summed E-state index contributed by atoms with van der Waals surface area (Å²) in [7, 11) is 0. The van der Waals surface area contributed by atoms with Crippen LogP contribution in [0.15, 0.2) is 60.7 Å². The minimum atomic E-state index is -0.182. The molecule has 0 atom stereocenters. The van der Waals surface area contributed by atoms with Gasteiger partial charge in [0.05, 0.1) is 12.8 Å². The predicted molar refractivity (Wildman–Crippen MR) is 172 cm³/mol. The standard InChI is InChI=1S/C38H46FNO2/c1-38(2)25-30-23-29(14-21-36(30)40-38)34-9-6-8-28-24-31(41)15-20-35(28)37(34)27-12-18-33(19-13-27)42-32-16-10-26(11-17-32)7-4-3-5-22-39/h12-15,18-21,23-24,26,32,40-41H,3-11,16-17,22,25H2,1-2H3. The molecule has 1 aliphatic heterocycles. The second-order valence-corrected chi connectivity index (χ2v) is 13.4.